The van der Waals surface area contributed by atoms with E-state index in [1.54, 1.807) is 0 Å². The molecule has 2 aromatic rings. The third-order valence-corrected chi connectivity index (χ3v) is 3.15. The summed E-state index contributed by atoms with van der Waals surface area (Å²) in [5, 5.41) is 22.3. The van der Waals surface area contributed by atoms with Crippen LogP contribution in [0.2, 0.25) is 0 Å². The monoisotopic (exact) mass is 322 g/mol. The molecule has 7 nitrogen and oxygen atoms in total. The van der Waals surface area contributed by atoms with E-state index in [4.69, 9.17) is 0 Å². The first-order valence-electron chi connectivity index (χ1n) is 6.17. The molecular weight excluding hydrogens is 314 g/mol. The van der Waals surface area contributed by atoms with E-state index in [1.807, 2.05) is 0 Å². The Morgan fingerprint density at radius 2 is 1.43 bits per heavy atom. The highest BCUT2D eigenvalue weighted by molar-refractivity contribution is 5.95. The summed E-state index contributed by atoms with van der Waals surface area (Å²) < 4.78 is 26.5. The van der Waals surface area contributed by atoms with Gasteiger partial charge in [0.2, 0.25) is 0 Å². The van der Waals surface area contributed by atoms with Crippen LogP contribution in [0.4, 0.5) is 20.2 Å². The van der Waals surface area contributed by atoms with E-state index in [9.17, 15) is 33.8 Å². The van der Waals surface area contributed by atoms with Gasteiger partial charge in [0.05, 0.1) is 21.0 Å². The second-order valence-electron chi connectivity index (χ2n) is 4.42. The van der Waals surface area contributed by atoms with Crippen LogP contribution in [0.15, 0.2) is 36.4 Å². The third kappa shape index (κ3) is 2.89. The Kier molecular flexibility index (Phi) is 4.39. The van der Waals surface area contributed by atoms with Crippen molar-refractivity contribution in [3.8, 4) is 11.1 Å². The van der Waals surface area contributed by atoms with Gasteiger partial charge in [0.1, 0.15) is 0 Å². The van der Waals surface area contributed by atoms with Crippen LogP contribution in [0.5, 0.6) is 0 Å². The number of carbonyl (C=O) groups excluding carboxylic acids is 1. The van der Waals surface area contributed by atoms with Crippen molar-refractivity contribution in [1.82, 2.24) is 0 Å². The summed E-state index contributed by atoms with van der Waals surface area (Å²) in [4.78, 5) is 31.7. The van der Waals surface area contributed by atoms with Crippen LogP contribution in [-0.2, 0) is 0 Å². The van der Waals surface area contributed by atoms with Gasteiger partial charge in [-0.05, 0) is 0 Å². The predicted octanol–water partition coefficient (Wildman–Crippen LogP) is 3.92. The van der Waals surface area contributed by atoms with Gasteiger partial charge in [-0.15, -0.1) is 0 Å². The summed E-state index contributed by atoms with van der Waals surface area (Å²) in [5.41, 5.74) is -3.55. The zero-order chi connectivity index (χ0) is 17.1. The SMILES string of the molecule is O=Cc1cccc([N+](=O)[O-])c1-c1c(C(F)F)cccc1[N+](=O)[O-]. The lowest BCUT2D eigenvalue weighted by Gasteiger charge is -2.11. The first kappa shape index (κ1) is 16.1. The maximum Gasteiger partial charge on any atom is 0.278 e. The van der Waals surface area contributed by atoms with Crippen molar-refractivity contribution >= 4 is 17.7 Å². The Morgan fingerprint density at radius 1 is 0.913 bits per heavy atom. The predicted molar refractivity (Wildman–Crippen MR) is 75.5 cm³/mol. The molecule has 0 saturated carbocycles. The molecule has 9 heteroatoms. The normalized spacial score (nSPS) is 10.6. The number of rotatable bonds is 5. The molecule has 0 aliphatic rings. The van der Waals surface area contributed by atoms with Gasteiger partial charge in [-0.1, -0.05) is 24.3 Å². The van der Waals surface area contributed by atoms with Gasteiger partial charge < -0.3 is 0 Å². The van der Waals surface area contributed by atoms with E-state index in [2.05, 4.69) is 0 Å². The van der Waals surface area contributed by atoms with Crippen molar-refractivity contribution in [3.05, 3.63) is 67.8 Å². The van der Waals surface area contributed by atoms with Crippen LogP contribution in [-0.4, -0.2) is 16.1 Å². The van der Waals surface area contributed by atoms with Gasteiger partial charge in [0.25, 0.3) is 17.8 Å². The molecule has 0 spiro atoms. The standard InChI is InChI=1S/C14H8F2N2O5/c15-14(16)9-4-2-6-11(18(22)23)13(9)12-8(7-19)3-1-5-10(12)17(20)21/h1-7,14H. The van der Waals surface area contributed by atoms with E-state index in [1.165, 1.54) is 12.1 Å². The van der Waals surface area contributed by atoms with Crippen molar-refractivity contribution in [2.75, 3.05) is 0 Å². The first-order chi connectivity index (χ1) is 10.9. The Labute approximate surface area is 127 Å². The second kappa shape index (κ2) is 6.26. The quantitative estimate of drug-likeness (QED) is 0.471. The molecule has 23 heavy (non-hydrogen) atoms. The average molecular weight is 322 g/mol. The van der Waals surface area contributed by atoms with Crippen LogP contribution in [0, 0.1) is 20.2 Å². The number of carbonyl (C=O) groups is 1. The summed E-state index contributed by atoms with van der Waals surface area (Å²) in [6, 6.07) is 6.29. The summed E-state index contributed by atoms with van der Waals surface area (Å²) in [5.74, 6) is 0. The van der Waals surface area contributed by atoms with Crippen LogP contribution < -0.4 is 0 Å². The molecule has 0 radical (unpaired) electrons. The van der Waals surface area contributed by atoms with Crippen molar-refractivity contribution in [2.24, 2.45) is 0 Å². The minimum Gasteiger partial charge on any atom is -0.298 e. The number of benzene rings is 2. The van der Waals surface area contributed by atoms with E-state index >= 15 is 0 Å². The zero-order valence-electron chi connectivity index (χ0n) is 11.3. The minimum atomic E-state index is -3.11. The van der Waals surface area contributed by atoms with Crippen molar-refractivity contribution in [1.29, 1.82) is 0 Å². The molecule has 0 bridgehead atoms. The maximum absolute atomic E-state index is 13.2. The van der Waals surface area contributed by atoms with E-state index < -0.39 is 44.3 Å². The summed E-state index contributed by atoms with van der Waals surface area (Å²) >= 11 is 0. The third-order valence-electron chi connectivity index (χ3n) is 3.15. The largest absolute Gasteiger partial charge is 0.298 e. The number of hydrogen-bond donors (Lipinski definition) is 0. The van der Waals surface area contributed by atoms with E-state index in [0.29, 0.717) is 0 Å². The summed E-state index contributed by atoms with van der Waals surface area (Å²) in [6.45, 7) is 0. The second-order valence-corrected chi connectivity index (χ2v) is 4.42. The van der Waals surface area contributed by atoms with Gasteiger partial charge in [-0.3, -0.25) is 25.0 Å². The molecule has 0 aliphatic carbocycles. The molecule has 0 heterocycles. The van der Waals surface area contributed by atoms with Crippen molar-refractivity contribution in [2.45, 2.75) is 6.43 Å². The number of halogens is 2. The number of nitro benzene ring substituents is 2. The van der Waals surface area contributed by atoms with Gasteiger partial charge in [-0.2, -0.15) is 0 Å². The molecule has 118 valence electrons. The molecule has 0 aromatic heterocycles. The Morgan fingerprint density at radius 3 is 1.91 bits per heavy atom. The van der Waals surface area contributed by atoms with E-state index in [-0.39, 0.29) is 11.8 Å². The van der Waals surface area contributed by atoms with Crippen LogP contribution >= 0.6 is 0 Å². The minimum absolute atomic E-state index is 0.230. The molecule has 2 rings (SSSR count). The highest BCUT2D eigenvalue weighted by Crippen LogP contribution is 2.43. The summed E-state index contributed by atoms with van der Waals surface area (Å²) in [7, 11) is 0. The fourth-order valence-corrected chi connectivity index (χ4v) is 2.24. The van der Waals surface area contributed by atoms with Gasteiger partial charge in [0.15, 0.2) is 6.29 Å². The number of nitro groups is 2. The molecule has 2 aromatic carbocycles. The Hall–Kier alpha value is -3.23. The topological polar surface area (TPSA) is 103 Å². The number of alkyl halides is 2. The van der Waals surface area contributed by atoms with Gasteiger partial charge in [0, 0.05) is 23.3 Å². The Balaban J connectivity index is 2.99. The number of aldehydes is 1. The first-order valence-corrected chi connectivity index (χ1v) is 6.17. The lowest BCUT2D eigenvalue weighted by atomic mass is 9.93. The number of nitrogens with zero attached hydrogens (tertiary/aromatic N) is 2. The highest BCUT2D eigenvalue weighted by atomic mass is 19.3. The van der Waals surface area contributed by atoms with Gasteiger partial charge in [-0.25, -0.2) is 8.78 Å². The number of hydrogen-bond acceptors (Lipinski definition) is 5. The highest BCUT2D eigenvalue weighted by Gasteiger charge is 2.30. The fraction of sp³-hybridized carbons (Fsp3) is 0.0714. The molecule has 0 unspecified atom stereocenters. The van der Waals surface area contributed by atoms with Crippen LogP contribution in [0.3, 0.4) is 0 Å². The lowest BCUT2D eigenvalue weighted by Crippen LogP contribution is -2.03. The summed E-state index contributed by atoms with van der Waals surface area (Å²) in [6.07, 6.45) is -2.88. The zero-order valence-corrected chi connectivity index (χ0v) is 11.3. The smallest absolute Gasteiger partial charge is 0.278 e. The van der Waals surface area contributed by atoms with Gasteiger partial charge >= 0.3 is 0 Å². The molecule has 0 amide bonds. The molecule has 0 atom stereocenters. The molecule has 0 aliphatic heterocycles. The molecule has 0 N–H and O–H groups in total. The van der Waals surface area contributed by atoms with Crippen molar-refractivity contribution < 1.29 is 23.4 Å². The Bertz CT molecular complexity index is 808. The van der Waals surface area contributed by atoms with Crippen molar-refractivity contribution in [3.63, 3.8) is 0 Å². The molecular formula is C14H8F2N2O5. The lowest BCUT2D eigenvalue weighted by molar-refractivity contribution is -0.386. The van der Waals surface area contributed by atoms with Crippen LogP contribution in [0.25, 0.3) is 11.1 Å². The average Bonchev–Trinajstić information content (AvgIpc) is 2.52. The maximum atomic E-state index is 13.2. The fourth-order valence-electron chi connectivity index (χ4n) is 2.24. The van der Waals surface area contributed by atoms with E-state index in [0.717, 1.165) is 24.3 Å². The molecule has 0 fully saturated rings. The van der Waals surface area contributed by atoms with Crippen LogP contribution in [0.1, 0.15) is 22.3 Å². The molecule has 0 saturated heterocycles.